The van der Waals surface area contributed by atoms with Gasteiger partial charge in [-0.1, -0.05) is 32.0 Å². The molecule has 0 aliphatic carbocycles. The van der Waals surface area contributed by atoms with Gasteiger partial charge in [0, 0.05) is 11.5 Å². The van der Waals surface area contributed by atoms with Crippen molar-refractivity contribution in [1.29, 1.82) is 0 Å². The van der Waals surface area contributed by atoms with Crippen LogP contribution in [0, 0.1) is 12.8 Å². The average molecular weight is 297 g/mol. The summed E-state index contributed by atoms with van der Waals surface area (Å²) in [5, 5.41) is 5.55. The summed E-state index contributed by atoms with van der Waals surface area (Å²) in [6.45, 7) is 5.51. The van der Waals surface area contributed by atoms with Gasteiger partial charge in [0.15, 0.2) is 0 Å². The molecule has 0 aliphatic rings. The molecule has 5 heteroatoms. The van der Waals surface area contributed by atoms with Gasteiger partial charge in [-0.05, 0) is 30.7 Å². The molecule has 114 valence electrons. The fraction of sp³-hybridized carbons (Fsp3) is 0.235. The second kappa shape index (κ2) is 6.85. The summed E-state index contributed by atoms with van der Waals surface area (Å²) in [7, 11) is 0. The van der Waals surface area contributed by atoms with E-state index < -0.39 is 0 Å². The Hall–Kier alpha value is -2.69. The highest BCUT2D eigenvalue weighted by molar-refractivity contribution is 6.03. The molecule has 1 aromatic carbocycles. The first-order chi connectivity index (χ1) is 10.5. The summed E-state index contributed by atoms with van der Waals surface area (Å²) in [5.74, 6) is 0.0724. The highest BCUT2D eigenvalue weighted by Crippen LogP contribution is 2.18. The number of amides is 2. The molecule has 0 bridgehead atoms. The summed E-state index contributed by atoms with van der Waals surface area (Å²) in [6, 6.07) is 10.7. The van der Waals surface area contributed by atoms with Gasteiger partial charge in [0.25, 0.3) is 5.91 Å². The van der Waals surface area contributed by atoms with Crippen LogP contribution in [-0.2, 0) is 4.79 Å². The van der Waals surface area contributed by atoms with Crippen molar-refractivity contribution < 1.29 is 9.59 Å². The zero-order valence-electron chi connectivity index (χ0n) is 12.9. The quantitative estimate of drug-likeness (QED) is 0.910. The third-order valence-corrected chi connectivity index (χ3v) is 3.17. The van der Waals surface area contributed by atoms with E-state index in [0.717, 1.165) is 5.56 Å². The molecule has 1 aromatic heterocycles. The smallest absolute Gasteiger partial charge is 0.256 e. The maximum Gasteiger partial charge on any atom is 0.256 e. The van der Waals surface area contributed by atoms with Crippen LogP contribution in [0.25, 0.3) is 0 Å². The normalized spacial score (nSPS) is 10.4. The van der Waals surface area contributed by atoms with E-state index in [1.807, 2.05) is 26.8 Å². The Morgan fingerprint density at radius 1 is 1.09 bits per heavy atom. The topological polar surface area (TPSA) is 71.1 Å². The Morgan fingerprint density at radius 3 is 2.36 bits per heavy atom. The van der Waals surface area contributed by atoms with Gasteiger partial charge in [-0.15, -0.1) is 0 Å². The van der Waals surface area contributed by atoms with Crippen LogP contribution in [0.1, 0.15) is 29.8 Å². The highest BCUT2D eigenvalue weighted by Gasteiger charge is 2.11. The minimum Gasteiger partial charge on any atom is -0.324 e. The number of hydrogen-bond acceptors (Lipinski definition) is 3. The number of aromatic nitrogens is 1. The molecule has 0 unspecified atom stereocenters. The standard InChI is InChI=1S/C17H19N3O2/c1-11(2)16(21)19-14-10-18-15(9-12(14)3)20-17(22)13-7-5-4-6-8-13/h4-11H,1-3H3,(H,19,21)(H,18,20,22). The van der Waals surface area contributed by atoms with Crippen LogP contribution in [0.4, 0.5) is 11.5 Å². The van der Waals surface area contributed by atoms with Gasteiger partial charge in [0.05, 0.1) is 11.9 Å². The molecule has 2 amide bonds. The van der Waals surface area contributed by atoms with Crippen LogP contribution in [0.3, 0.4) is 0 Å². The molecule has 5 nitrogen and oxygen atoms in total. The third-order valence-electron chi connectivity index (χ3n) is 3.17. The van der Waals surface area contributed by atoms with Crippen LogP contribution < -0.4 is 10.6 Å². The van der Waals surface area contributed by atoms with Gasteiger partial charge in [-0.3, -0.25) is 9.59 Å². The van der Waals surface area contributed by atoms with Gasteiger partial charge < -0.3 is 10.6 Å². The lowest BCUT2D eigenvalue weighted by Gasteiger charge is -2.11. The van der Waals surface area contributed by atoms with Crippen molar-refractivity contribution >= 4 is 23.3 Å². The lowest BCUT2D eigenvalue weighted by Crippen LogP contribution is -2.19. The number of pyridine rings is 1. The molecule has 22 heavy (non-hydrogen) atoms. The molecule has 0 spiro atoms. The van der Waals surface area contributed by atoms with Gasteiger partial charge in [0.1, 0.15) is 5.82 Å². The van der Waals surface area contributed by atoms with E-state index in [2.05, 4.69) is 15.6 Å². The molecule has 1 heterocycles. The van der Waals surface area contributed by atoms with Crippen molar-refractivity contribution in [3.63, 3.8) is 0 Å². The number of carbonyl (C=O) groups is 2. The SMILES string of the molecule is Cc1cc(NC(=O)c2ccccc2)ncc1NC(=O)C(C)C. The molecule has 0 saturated heterocycles. The van der Waals surface area contributed by atoms with Crippen LogP contribution in [0.2, 0.25) is 0 Å². The molecule has 2 aromatic rings. The summed E-state index contributed by atoms with van der Waals surface area (Å²) in [6.07, 6.45) is 1.55. The summed E-state index contributed by atoms with van der Waals surface area (Å²) < 4.78 is 0. The van der Waals surface area contributed by atoms with Crippen molar-refractivity contribution in [1.82, 2.24) is 4.98 Å². The predicted molar refractivity (Wildman–Crippen MR) is 86.8 cm³/mol. The highest BCUT2D eigenvalue weighted by atomic mass is 16.2. The van der Waals surface area contributed by atoms with Gasteiger partial charge in [0.2, 0.25) is 5.91 Å². The van der Waals surface area contributed by atoms with Crippen LogP contribution in [-0.4, -0.2) is 16.8 Å². The molecule has 2 N–H and O–H groups in total. The number of anilines is 2. The van der Waals surface area contributed by atoms with E-state index in [0.29, 0.717) is 17.1 Å². The number of carbonyl (C=O) groups excluding carboxylic acids is 2. The molecule has 0 radical (unpaired) electrons. The number of aryl methyl sites for hydroxylation is 1. The first-order valence-corrected chi connectivity index (χ1v) is 7.11. The van der Waals surface area contributed by atoms with E-state index in [4.69, 9.17) is 0 Å². The second-order valence-corrected chi connectivity index (χ2v) is 5.35. The van der Waals surface area contributed by atoms with E-state index in [1.165, 1.54) is 0 Å². The van der Waals surface area contributed by atoms with E-state index in [-0.39, 0.29) is 17.7 Å². The van der Waals surface area contributed by atoms with Crippen molar-refractivity contribution in [2.45, 2.75) is 20.8 Å². The number of hydrogen-bond donors (Lipinski definition) is 2. The lowest BCUT2D eigenvalue weighted by molar-refractivity contribution is -0.118. The fourth-order valence-corrected chi connectivity index (χ4v) is 1.81. The van der Waals surface area contributed by atoms with Gasteiger partial charge in [-0.2, -0.15) is 0 Å². The van der Waals surface area contributed by atoms with E-state index in [1.54, 1.807) is 36.5 Å². The summed E-state index contributed by atoms with van der Waals surface area (Å²) in [5.41, 5.74) is 2.06. The molecular formula is C17H19N3O2. The van der Waals surface area contributed by atoms with Crippen molar-refractivity contribution in [3.05, 3.63) is 53.7 Å². The first-order valence-electron chi connectivity index (χ1n) is 7.11. The third kappa shape index (κ3) is 3.91. The molecule has 0 atom stereocenters. The molecule has 0 saturated carbocycles. The van der Waals surface area contributed by atoms with Crippen molar-refractivity contribution in [3.8, 4) is 0 Å². The van der Waals surface area contributed by atoms with Crippen LogP contribution in [0.5, 0.6) is 0 Å². The zero-order valence-corrected chi connectivity index (χ0v) is 12.9. The van der Waals surface area contributed by atoms with E-state index in [9.17, 15) is 9.59 Å². The van der Waals surface area contributed by atoms with Crippen molar-refractivity contribution in [2.75, 3.05) is 10.6 Å². The first kappa shape index (κ1) is 15.7. The Labute approximate surface area is 129 Å². The summed E-state index contributed by atoms with van der Waals surface area (Å²) in [4.78, 5) is 27.9. The zero-order chi connectivity index (χ0) is 16.1. The number of nitrogens with zero attached hydrogens (tertiary/aromatic N) is 1. The molecule has 2 rings (SSSR count). The maximum absolute atomic E-state index is 12.1. The Bertz CT molecular complexity index is 682. The molecule has 0 aliphatic heterocycles. The maximum atomic E-state index is 12.1. The number of rotatable bonds is 4. The Kier molecular flexibility index (Phi) is 4.88. The minimum absolute atomic E-state index is 0.0639. The van der Waals surface area contributed by atoms with Crippen LogP contribution in [0.15, 0.2) is 42.6 Å². The van der Waals surface area contributed by atoms with Crippen molar-refractivity contribution in [2.24, 2.45) is 5.92 Å². The van der Waals surface area contributed by atoms with Gasteiger partial charge in [-0.25, -0.2) is 4.98 Å². The monoisotopic (exact) mass is 297 g/mol. The fourth-order valence-electron chi connectivity index (χ4n) is 1.81. The largest absolute Gasteiger partial charge is 0.324 e. The molecular weight excluding hydrogens is 278 g/mol. The number of benzene rings is 1. The van der Waals surface area contributed by atoms with Gasteiger partial charge >= 0.3 is 0 Å². The second-order valence-electron chi connectivity index (χ2n) is 5.35. The number of nitrogens with one attached hydrogen (secondary N) is 2. The summed E-state index contributed by atoms with van der Waals surface area (Å²) >= 11 is 0. The predicted octanol–water partition coefficient (Wildman–Crippen LogP) is 3.24. The molecule has 0 fully saturated rings. The lowest BCUT2D eigenvalue weighted by atomic mass is 10.2. The Morgan fingerprint density at radius 2 is 1.77 bits per heavy atom. The van der Waals surface area contributed by atoms with E-state index >= 15 is 0 Å². The minimum atomic E-state index is -0.216. The Balaban J connectivity index is 2.09. The van der Waals surface area contributed by atoms with Crippen LogP contribution >= 0.6 is 0 Å². The average Bonchev–Trinajstić information content (AvgIpc) is 2.50.